The van der Waals surface area contributed by atoms with Crippen LogP contribution in [0.3, 0.4) is 0 Å². The third kappa shape index (κ3) is 3.90. The Morgan fingerprint density at radius 2 is 1.95 bits per heavy atom. The van der Waals surface area contributed by atoms with E-state index in [2.05, 4.69) is 15.2 Å². The molecule has 4 nitrogen and oxygen atoms in total. The van der Waals surface area contributed by atoms with Crippen molar-refractivity contribution < 1.29 is 9.18 Å². The fraction of sp³-hybridized carbons (Fsp3) is 0.375. The molecule has 0 unspecified atom stereocenters. The minimum absolute atomic E-state index is 0.0260. The zero-order chi connectivity index (χ0) is 15.4. The van der Waals surface area contributed by atoms with E-state index in [1.807, 2.05) is 5.38 Å². The molecule has 0 radical (unpaired) electrons. The third-order valence-corrected chi connectivity index (χ3v) is 4.46. The van der Waals surface area contributed by atoms with Gasteiger partial charge in [0.2, 0.25) is 5.91 Å². The number of benzene rings is 1. The molecule has 1 aliphatic rings. The Morgan fingerprint density at radius 1 is 1.23 bits per heavy atom. The maximum Gasteiger partial charge on any atom is 0.240 e. The molecule has 3 rings (SSSR count). The van der Waals surface area contributed by atoms with Gasteiger partial charge in [-0.1, -0.05) is 6.42 Å². The van der Waals surface area contributed by atoms with Gasteiger partial charge < -0.3 is 5.32 Å². The van der Waals surface area contributed by atoms with Crippen LogP contribution >= 0.6 is 11.3 Å². The summed E-state index contributed by atoms with van der Waals surface area (Å²) in [6.45, 7) is 2.41. The number of nitrogens with zero attached hydrogens (tertiary/aromatic N) is 2. The fourth-order valence-electron chi connectivity index (χ4n) is 2.56. The molecule has 1 aliphatic heterocycles. The van der Waals surface area contributed by atoms with Crippen LogP contribution < -0.4 is 5.32 Å². The number of likely N-dealkylation sites (tertiary alicyclic amines) is 1. The van der Waals surface area contributed by atoms with Crippen molar-refractivity contribution in [1.29, 1.82) is 0 Å². The largest absolute Gasteiger partial charge is 0.301 e. The molecular formula is C16H18FN3OS. The molecule has 22 heavy (non-hydrogen) atoms. The third-order valence-electron chi connectivity index (χ3n) is 3.71. The van der Waals surface area contributed by atoms with Gasteiger partial charge in [-0.3, -0.25) is 9.69 Å². The highest BCUT2D eigenvalue weighted by Crippen LogP contribution is 2.25. The Morgan fingerprint density at radius 3 is 2.68 bits per heavy atom. The van der Waals surface area contributed by atoms with Gasteiger partial charge >= 0.3 is 0 Å². The monoisotopic (exact) mass is 319 g/mol. The van der Waals surface area contributed by atoms with Crippen LogP contribution in [-0.2, 0) is 4.79 Å². The second-order valence-corrected chi connectivity index (χ2v) is 6.29. The fourth-order valence-corrected chi connectivity index (χ4v) is 3.30. The van der Waals surface area contributed by atoms with E-state index >= 15 is 0 Å². The van der Waals surface area contributed by atoms with Crippen molar-refractivity contribution in [2.45, 2.75) is 19.3 Å². The van der Waals surface area contributed by atoms with Crippen LogP contribution in [0.4, 0.5) is 9.52 Å². The van der Waals surface area contributed by atoms with Crippen LogP contribution in [0, 0.1) is 5.82 Å². The van der Waals surface area contributed by atoms with Gasteiger partial charge in [-0.15, -0.1) is 11.3 Å². The molecular weight excluding hydrogens is 301 g/mol. The van der Waals surface area contributed by atoms with Crippen molar-refractivity contribution in [1.82, 2.24) is 9.88 Å². The molecule has 2 heterocycles. The van der Waals surface area contributed by atoms with Gasteiger partial charge in [0, 0.05) is 10.9 Å². The van der Waals surface area contributed by atoms with E-state index in [4.69, 9.17) is 0 Å². The first-order valence-electron chi connectivity index (χ1n) is 7.44. The molecule has 1 saturated heterocycles. The Labute approximate surface area is 133 Å². The molecule has 0 bridgehead atoms. The summed E-state index contributed by atoms with van der Waals surface area (Å²) >= 11 is 1.38. The number of hydrogen-bond acceptors (Lipinski definition) is 4. The number of amides is 1. The van der Waals surface area contributed by atoms with Gasteiger partial charge in [-0.05, 0) is 50.2 Å². The van der Waals surface area contributed by atoms with E-state index in [9.17, 15) is 9.18 Å². The predicted molar refractivity (Wildman–Crippen MR) is 86.4 cm³/mol. The van der Waals surface area contributed by atoms with Crippen LogP contribution in [0.1, 0.15) is 19.3 Å². The van der Waals surface area contributed by atoms with Crippen LogP contribution in [0.15, 0.2) is 29.6 Å². The van der Waals surface area contributed by atoms with E-state index in [-0.39, 0.29) is 11.7 Å². The Hall–Kier alpha value is -1.79. The van der Waals surface area contributed by atoms with Crippen LogP contribution in [0.2, 0.25) is 0 Å². The number of hydrogen-bond donors (Lipinski definition) is 1. The molecule has 1 aromatic carbocycles. The average molecular weight is 319 g/mol. The maximum atomic E-state index is 12.9. The molecule has 1 aromatic heterocycles. The van der Waals surface area contributed by atoms with E-state index in [0.29, 0.717) is 11.7 Å². The Bertz CT molecular complexity index is 635. The lowest BCUT2D eigenvalue weighted by atomic mass is 10.1. The normalized spacial score (nSPS) is 15.7. The van der Waals surface area contributed by atoms with E-state index in [0.717, 1.165) is 24.3 Å². The standard InChI is InChI=1S/C16H18FN3OS/c17-13-6-4-12(5-7-13)14-11-22-16(18-14)19-15(21)10-20-8-2-1-3-9-20/h4-7,11H,1-3,8-10H2,(H,18,19,21). The average Bonchev–Trinajstić information content (AvgIpc) is 2.97. The Balaban J connectivity index is 1.59. The first kappa shape index (κ1) is 15.1. The maximum absolute atomic E-state index is 12.9. The number of thiazole rings is 1. The first-order valence-corrected chi connectivity index (χ1v) is 8.32. The zero-order valence-electron chi connectivity index (χ0n) is 12.2. The van der Waals surface area contributed by atoms with Gasteiger partial charge in [-0.25, -0.2) is 9.37 Å². The van der Waals surface area contributed by atoms with Gasteiger partial charge in [0.05, 0.1) is 12.2 Å². The van der Waals surface area contributed by atoms with E-state index < -0.39 is 0 Å². The van der Waals surface area contributed by atoms with Crippen molar-refractivity contribution in [2.24, 2.45) is 0 Å². The van der Waals surface area contributed by atoms with Crippen molar-refractivity contribution in [3.63, 3.8) is 0 Å². The van der Waals surface area contributed by atoms with Gasteiger partial charge in [0.15, 0.2) is 5.13 Å². The molecule has 0 atom stereocenters. The van der Waals surface area contributed by atoms with Gasteiger partial charge in [-0.2, -0.15) is 0 Å². The number of carbonyl (C=O) groups is 1. The number of halogens is 1. The molecule has 116 valence electrons. The van der Waals surface area contributed by atoms with Crippen molar-refractivity contribution in [2.75, 3.05) is 25.0 Å². The van der Waals surface area contributed by atoms with Crippen LogP contribution in [0.25, 0.3) is 11.3 Å². The summed E-state index contributed by atoms with van der Waals surface area (Å²) in [6, 6.07) is 6.18. The molecule has 6 heteroatoms. The lowest BCUT2D eigenvalue weighted by Crippen LogP contribution is -2.36. The summed E-state index contributed by atoms with van der Waals surface area (Å²) < 4.78 is 12.9. The second-order valence-electron chi connectivity index (χ2n) is 5.43. The lowest BCUT2D eigenvalue weighted by molar-refractivity contribution is -0.117. The van der Waals surface area contributed by atoms with Gasteiger partial charge in [0.25, 0.3) is 0 Å². The molecule has 0 spiro atoms. The highest BCUT2D eigenvalue weighted by Gasteiger charge is 2.15. The number of rotatable bonds is 4. The van der Waals surface area contributed by atoms with E-state index in [1.165, 1.54) is 42.7 Å². The molecule has 2 aromatic rings. The number of nitrogens with one attached hydrogen (secondary N) is 1. The molecule has 1 fully saturated rings. The topological polar surface area (TPSA) is 45.2 Å². The SMILES string of the molecule is O=C(CN1CCCCC1)Nc1nc(-c2ccc(F)cc2)cs1. The second kappa shape index (κ2) is 6.98. The van der Waals surface area contributed by atoms with Crippen LogP contribution in [0.5, 0.6) is 0 Å². The van der Waals surface area contributed by atoms with E-state index in [1.54, 1.807) is 12.1 Å². The Kier molecular flexibility index (Phi) is 4.80. The summed E-state index contributed by atoms with van der Waals surface area (Å²) in [5, 5.41) is 5.29. The smallest absolute Gasteiger partial charge is 0.240 e. The predicted octanol–water partition coefficient (Wildman–Crippen LogP) is 3.37. The minimum Gasteiger partial charge on any atom is -0.301 e. The molecule has 1 N–H and O–H groups in total. The number of aromatic nitrogens is 1. The summed E-state index contributed by atoms with van der Waals surface area (Å²) in [5.74, 6) is -0.295. The molecule has 1 amide bonds. The van der Waals surface area contributed by atoms with Crippen LogP contribution in [-0.4, -0.2) is 35.4 Å². The van der Waals surface area contributed by atoms with Crippen molar-refractivity contribution in [3.8, 4) is 11.3 Å². The summed E-state index contributed by atoms with van der Waals surface area (Å²) in [6.07, 6.45) is 3.59. The number of anilines is 1. The van der Waals surface area contributed by atoms with Gasteiger partial charge in [0.1, 0.15) is 5.82 Å². The quantitative estimate of drug-likeness (QED) is 0.940. The summed E-state index contributed by atoms with van der Waals surface area (Å²) in [5.41, 5.74) is 1.59. The minimum atomic E-state index is -0.269. The highest BCUT2D eigenvalue weighted by atomic mass is 32.1. The van der Waals surface area contributed by atoms with Crippen molar-refractivity contribution in [3.05, 3.63) is 35.5 Å². The number of piperidine rings is 1. The first-order chi connectivity index (χ1) is 10.7. The van der Waals surface area contributed by atoms with Crippen molar-refractivity contribution >= 4 is 22.4 Å². The molecule has 0 saturated carbocycles. The summed E-state index contributed by atoms with van der Waals surface area (Å²) in [7, 11) is 0. The molecule has 0 aliphatic carbocycles. The highest BCUT2D eigenvalue weighted by molar-refractivity contribution is 7.14. The number of carbonyl (C=O) groups excluding carboxylic acids is 1. The summed E-state index contributed by atoms with van der Waals surface area (Å²) in [4.78, 5) is 18.6. The zero-order valence-corrected chi connectivity index (χ0v) is 13.0. The lowest BCUT2D eigenvalue weighted by Gasteiger charge is -2.25.